The molecule has 0 fully saturated rings. The van der Waals surface area contributed by atoms with E-state index in [1.54, 1.807) is 0 Å². The Morgan fingerprint density at radius 1 is 1.24 bits per heavy atom. The molecule has 0 unspecified atom stereocenters. The van der Waals surface area contributed by atoms with Crippen molar-refractivity contribution in [3.05, 3.63) is 64.0 Å². The number of benzene rings is 2. The molecule has 2 aromatic rings. The van der Waals surface area contributed by atoms with Gasteiger partial charge in [0.1, 0.15) is 5.82 Å². The number of nitrogen functional groups attached to an aromatic ring is 1. The highest BCUT2D eigenvalue weighted by Crippen LogP contribution is 2.21. The Bertz CT molecular complexity index is 823. The van der Waals surface area contributed by atoms with Crippen molar-refractivity contribution in [2.24, 2.45) is 0 Å². The van der Waals surface area contributed by atoms with Crippen LogP contribution in [0.4, 0.5) is 21.5 Å². The Balaban J connectivity index is 2.06. The van der Waals surface area contributed by atoms with Gasteiger partial charge in [-0.3, -0.25) is 14.9 Å². The van der Waals surface area contributed by atoms with Crippen molar-refractivity contribution >= 4 is 28.9 Å². The van der Waals surface area contributed by atoms with Crippen LogP contribution in [0.15, 0.2) is 42.5 Å². The molecule has 130 valence electrons. The molecule has 0 aromatic heterocycles. The third-order valence-corrected chi connectivity index (χ3v) is 3.23. The second-order valence-electron chi connectivity index (χ2n) is 5.07. The summed E-state index contributed by atoms with van der Waals surface area (Å²) < 4.78 is 17.8. The van der Waals surface area contributed by atoms with Gasteiger partial charge in [0, 0.05) is 23.5 Å². The van der Waals surface area contributed by atoms with E-state index in [0.717, 1.165) is 24.3 Å². The summed E-state index contributed by atoms with van der Waals surface area (Å²) in [6.07, 6.45) is -1.20. The molecule has 0 aliphatic heterocycles. The fourth-order valence-electron chi connectivity index (χ4n) is 1.89. The molecule has 3 N–H and O–H groups in total. The molecule has 0 radical (unpaired) electrons. The number of anilines is 2. The zero-order chi connectivity index (χ0) is 18.6. The van der Waals surface area contributed by atoms with Gasteiger partial charge in [0.15, 0.2) is 6.10 Å². The van der Waals surface area contributed by atoms with Crippen molar-refractivity contribution in [3.63, 3.8) is 0 Å². The maximum atomic E-state index is 12.8. The number of nitrogens with zero attached hydrogens (tertiary/aromatic N) is 1. The van der Waals surface area contributed by atoms with E-state index in [1.807, 2.05) is 0 Å². The molecule has 0 heterocycles. The third kappa shape index (κ3) is 4.50. The maximum Gasteiger partial charge on any atom is 0.341 e. The lowest BCUT2D eigenvalue weighted by Gasteiger charge is -2.14. The Morgan fingerprint density at radius 3 is 2.48 bits per heavy atom. The number of halogens is 1. The van der Waals surface area contributed by atoms with Gasteiger partial charge in [-0.05, 0) is 37.3 Å². The van der Waals surface area contributed by atoms with Crippen molar-refractivity contribution in [2.45, 2.75) is 13.0 Å². The number of esters is 1. The molecule has 0 saturated heterocycles. The summed E-state index contributed by atoms with van der Waals surface area (Å²) in [4.78, 5) is 34.2. The van der Waals surface area contributed by atoms with E-state index in [0.29, 0.717) is 5.69 Å². The van der Waals surface area contributed by atoms with Gasteiger partial charge in [-0.15, -0.1) is 0 Å². The summed E-state index contributed by atoms with van der Waals surface area (Å²) in [5, 5.41) is 13.2. The van der Waals surface area contributed by atoms with Crippen LogP contribution in [0, 0.1) is 15.9 Å². The lowest BCUT2D eigenvalue weighted by Crippen LogP contribution is -2.30. The molecule has 0 saturated carbocycles. The van der Waals surface area contributed by atoms with Crippen molar-refractivity contribution in [2.75, 3.05) is 11.1 Å². The summed E-state index contributed by atoms with van der Waals surface area (Å²) >= 11 is 0. The van der Waals surface area contributed by atoms with Crippen molar-refractivity contribution in [1.82, 2.24) is 0 Å². The highest BCUT2D eigenvalue weighted by atomic mass is 19.1. The molecule has 1 atom stereocenters. The number of hydrogen-bond acceptors (Lipinski definition) is 6. The first-order valence-corrected chi connectivity index (χ1v) is 7.09. The lowest BCUT2D eigenvalue weighted by atomic mass is 10.1. The number of hydrogen-bond donors (Lipinski definition) is 2. The Labute approximate surface area is 141 Å². The minimum atomic E-state index is -1.20. The van der Waals surface area contributed by atoms with E-state index < -0.39 is 28.7 Å². The number of carbonyl (C=O) groups excluding carboxylic acids is 2. The monoisotopic (exact) mass is 347 g/mol. The Morgan fingerprint density at radius 2 is 1.88 bits per heavy atom. The van der Waals surface area contributed by atoms with E-state index >= 15 is 0 Å². The van der Waals surface area contributed by atoms with Crippen molar-refractivity contribution < 1.29 is 23.6 Å². The smallest absolute Gasteiger partial charge is 0.341 e. The topological polar surface area (TPSA) is 125 Å². The molecule has 9 heteroatoms. The molecule has 0 spiro atoms. The van der Waals surface area contributed by atoms with Gasteiger partial charge < -0.3 is 15.8 Å². The number of ether oxygens (including phenoxy) is 1. The summed E-state index contributed by atoms with van der Waals surface area (Å²) in [7, 11) is 0. The summed E-state index contributed by atoms with van der Waals surface area (Å²) in [6, 6.07) is 8.35. The number of nitrogens with two attached hydrogens (primary N) is 1. The molecular weight excluding hydrogens is 333 g/mol. The molecule has 0 aliphatic carbocycles. The van der Waals surface area contributed by atoms with Gasteiger partial charge in [-0.2, -0.15) is 0 Å². The van der Waals surface area contributed by atoms with Gasteiger partial charge in [0.05, 0.1) is 10.5 Å². The molecule has 2 rings (SSSR count). The van der Waals surface area contributed by atoms with E-state index in [2.05, 4.69) is 5.32 Å². The predicted molar refractivity (Wildman–Crippen MR) is 87.4 cm³/mol. The number of amides is 1. The zero-order valence-corrected chi connectivity index (χ0v) is 13.1. The van der Waals surface area contributed by atoms with E-state index in [4.69, 9.17) is 10.5 Å². The van der Waals surface area contributed by atoms with E-state index in [9.17, 15) is 24.1 Å². The average Bonchev–Trinajstić information content (AvgIpc) is 2.56. The van der Waals surface area contributed by atoms with Crippen molar-refractivity contribution in [1.29, 1.82) is 0 Å². The lowest BCUT2D eigenvalue weighted by molar-refractivity contribution is -0.384. The standard InChI is InChI=1S/C16H14FN3O5/c1-9(15(21)19-11-4-2-10(17)3-5-11)25-16(22)13-8-12(20(23)24)6-7-14(13)18/h2-9H,18H2,1H3,(H,19,21)/t9-/m0/s1. The highest BCUT2D eigenvalue weighted by Gasteiger charge is 2.22. The fraction of sp³-hybridized carbons (Fsp3) is 0.125. The quantitative estimate of drug-likeness (QED) is 0.370. The second-order valence-corrected chi connectivity index (χ2v) is 5.07. The van der Waals surface area contributed by atoms with Crippen LogP contribution in [0.2, 0.25) is 0 Å². The van der Waals surface area contributed by atoms with E-state index in [-0.39, 0.29) is 16.9 Å². The number of nitro groups is 1. The van der Waals surface area contributed by atoms with Gasteiger partial charge >= 0.3 is 5.97 Å². The minimum Gasteiger partial charge on any atom is -0.449 e. The number of non-ortho nitro benzene ring substituents is 1. The van der Waals surface area contributed by atoms with Gasteiger partial charge in [-0.1, -0.05) is 0 Å². The number of nitro benzene ring substituents is 1. The molecule has 0 aliphatic rings. The second kappa shape index (κ2) is 7.39. The van der Waals surface area contributed by atoms with Crippen LogP contribution in [0.5, 0.6) is 0 Å². The summed E-state index contributed by atoms with van der Waals surface area (Å²) in [5.41, 5.74) is 5.39. The van der Waals surface area contributed by atoms with Crippen LogP contribution in [0.25, 0.3) is 0 Å². The molecule has 2 aromatic carbocycles. The summed E-state index contributed by atoms with van der Waals surface area (Å²) in [5.74, 6) is -2.08. The van der Waals surface area contributed by atoms with Crippen LogP contribution in [-0.2, 0) is 9.53 Å². The van der Waals surface area contributed by atoms with Crippen LogP contribution in [-0.4, -0.2) is 22.9 Å². The third-order valence-electron chi connectivity index (χ3n) is 3.23. The first-order chi connectivity index (χ1) is 11.8. The predicted octanol–water partition coefficient (Wildman–Crippen LogP) is 2.50. The van der Waals surface area contributed by atoms with Gasteiger partial charge in [0.2, 0.25) is 0 Å². The highest BCUT2D eigenvalue weighted by molar-refractivity contribution is 5.99. The van der Waals surface area contributed by atoms with Gasteiger partial charge in [0.25, 0.3) is 11.6 Å². The largest absolute Gasteiger partial charge is 0.449 e. The average molecular weight is 347 g/mol. The zero-order valence-electron chi connectivity index (χ0n) is 13.1. The van der Waals surface area contributed by atoms with E-state index in [1.165, 1.54) is 25.1 Å². The normalized spacial score (nSPS) is 11.4. The SMILES string of the molecule is C[C@H](OC(=O)c1cc([N+](=O)[O-])ccc1N)C(=O)Nc1ccc(F)cc1. The maximum absolute atomic E-state index is 12.8. The molecule has 1 amide bonds. The van der Waals surface area contributed by atoms with Gasteiger partial charge in [-0.25, -0.2) is 9.18 Å². The molecule has 8 nitrogen and oxygen atoms in total. The first kappa shape index (κ1) is 17.9. The van der Waals surface area contributed by atoms with Crippen LogP contribution < -0.4 is 11.1 Å². The Kier molecular flexibility index (Phi) is 5.28. The number of carbonyl (C=O) groups is 2. The van der Waals surface area contributed by atoms with Crippen LogP contribution >= 0.6 is 0 Å². The van der Waals surface area contributed by atoms with Crippen LogP contribution in [0.1, 0.15) is 17.3 Å². The molecule has 25 heavy (non-hydrogen) atoms. The van der Waals surface area contributed by atoms with Crippen LogP contribution in [0.3, 0.4) is 0 Å². The van der Waals surface area contributed by atoms with Crippen molar-refractivity contribution in [3.8, 4) is 0 Å². The minimum absolute atomic E-state index is 0.0123. The number of rotatable bonds is 5. The number of nitrogens with one attached hydrogen (secondary N) is 1. The first-order valence-electron chi connectivity index (χ1n) is 7.09. The summed E-state index contributed by atoms with van der Waals surface area (Å²) in [6.45, 7) is 1.32. The Hall–Kier alpha value is -3.49. The molecular formula is C16H14FN3O5. The fourth-order valence-corrected chi connectivity index (χ4v) is 1.89. The molecule has 0 bridgehead atoms.